The number of ether oxygens (including phenoxy) is 1. The summed E-state index contributed by atoms with van der Waals surface area (Å²) >= 11 is 0. The van der Waals surface area contributed by atoms with Gasteiger partial charge in [0, 0.05) is 0 Å². The Kier molecular flexibility index (Phi) is 10.8. The molecule has 0 aromatic heterocycles. The van der Waals surface area contributed by atoms with Crippen LogP contribution in [0.15, 0.2) is 30.3 Å². The van der Waals surface area contributed by atoms with Crippen LogP contribution >= 0.6 is 0 Å². The molecule has 0 radical (unpaired) electrons. The first-order chi connectivity index (χ1) is 10.9. The highest BCUT2D eigenvalue weighted by Gasteiger charge is 2.15. The third kappa shape index (κ3) is 9.99. The van der Waals surface area contributed by atoms with Gasteiger partial charge in [-0.1, -0.05) is 37.3 Å². The SMILES string of the molecule is CCC(NNC=O)C(C)OCc1ccccc1.O=C([O-])C(=O)[O-]. The van der Waals surface area contributed by atoms with Gasteiger partial charge < -0.3 is 24.5 Å². The van der Waals surface area contributed by atoms with Gasteiger partial charge >= 0.3 is 0 Å². The van der Waals surface area contributed by atoms with Crippen LogP contribution in [0.4, 0.5) is 0 Å². The smallest absolute Gasteiger partial charge is 0.221 e. The van der Waals surface area contributed by atoms with Crippen LogP contribution in [-0.4, -0.2) is 30.5 Å². The number of carbonyl (C=O) groups is 3. The molecule has 0 fully saturated rings. The molecule has 0 bridgehead atoms. The summed E-state index contributed by atoms with van der Waals surface area (Å²) in [6.45, 7) is 4.63. The maximum absolute atomic E-state index is 10.2. The van der Waals surface area contributed by atoms with Crippen LogP contribution in [0.2, 0.25) is 0 Å². The minimum absolute atomic E-state index is 0.0349. The molecule has 0 aliphatic heterocycles. The second kappa shape index (κ2) is 12.1. The minimum atomic E-state index is -2.19. The monoisotopic (exact) mass is 324 g/mol. The van der Waals surface area contributed by atoms with Crippen LogP contribution in [0.5, 0.6) is 0 Å². The fraction of sp³-hybridized carbons (Fsp3) is 0.400. The van der Waals surface area contributed by atoms with Crippen LogP contribution in [0.1, 0.15) is 25.8 Å². The summed E-state index contributed by atoms with van der Waals surface area (Å²) in [5.74, 6) is -4.37. The van der Waals surface area contributed by atoms with Gasteiger partial charge in [0.1, 0.15) is 0 Å². The summed E-state index contributed by atoms with van der Waals surface area (Å²) in [5.41, 5.74) is 6.53. The van der Waals surface area contributed by atoms with Crippen molar-refractivity contribution in [2.24, 2.45) is 0 Å². The van der Waals surface area contributed by atoms with Crippen LogP contribution in [0.3, 0.4) is 0 Å². The molecule has 1 aromatic rings. The van der Waals surface area contributed by atoms with Crippen molar-refractivity contribution in [3.8, 4) is 0 Å². The van der Waals surface area contributed by atoms with Gasteiger partial charge in [0.2, 0.25) is 6.41 Å². The van der Waals surface area contributed by atoms with E-state index < -0.39 is 11.9 Å². The van der Waals surface area contributed by atoms with Gasteiger partial charge in [-0.25, -0.2) is 5.43 Å². The van der Waals surface area contributed by atoms with Gasteiger partial charge in [0.05, 0.1) is 30.7 Å². The second-order valence-corrected chi connectivity index (χ2v) is 4.50. The molecule has 2 unspecified atom stereocenters. The summed E-state index contributed by atoms with van der Waals surface area (Å²) in [6.07, 6.45) is 1.55. The van der Waals surface area contributed by atoms with Crippen molar-refractivity contribution < 1.29 is 29.3 Å². The maximum atomic E-state index is 10.2. The molecule has 8 nitrogen and oxygen atoms in total. The minimum Gasteiger partial charge on any atom is -0.543 e. The first-order valence-corrected chi connectivity index (χ1v) is 6.94. The number of carboxylic acids is 2. The van der Waals surface area contributed by atoms with Crippen molar-refractivity contribution in [1.29, 1.82) is 0 Å². The highest BCUT2D eigenvalue weighted by molar-refractivity contribution is 6.25. The molecule has 0 heterocycles. The molecular weight excluding hydrogens is 304 g/mol. The zero-order valence-corrected chi connectivity index (χ0v) is 13.0. The maximum Gasteiger partial charge on any atom is 0.221 e. The van der Waals surface area contributed by atoms with Crippen molar-refractivity contribution in [3.05, 3.63) is 35.9 Å². The van der Waals surface area contributed by atoms with Crippen molar-refractivity contribution in [3.63, 3.8) is 0 Å². The Balaban J connectivity index is 0.000000688. The number of rotatable bonds is 8. The zero-order chi connectivity index (χ0) is 17.7. The van der Waals surface area contributed by atoms with Gasteiger partial charge in [-0.15, -0.1) is 0 Å². The first kappa shape index (κ1) is 20.6. The molecule has 1 aromatic carbocycles. The van der Waals surface area contributed by atoms with E-state index in [2.05, 4.69) is 10.9 Å². The van der Waals surface area contributed by atoms with E-state index in [0.29, 0.717) is 13.0 Å². The van der Waals surface area contributed by atoms with Gasteiger partial charge in [0.25, 0.3) is 0 Å². The molecule has 0 aliphatic carbocycles. The molecule has 1 rings (SSSR count). The summed E-state index contributed by atoms with van der Waals surface area (Å²) in [5, 5.41) is 17.9. The number of aliphatic carboxylic acids is 2. The van der Waals surface area contributed by atoms with Crippen LogP contribution in [-0.2, 0) is 25.7 Å². The summed E-state index contributed by atoms with van der Waals surface area (Å²) in [4.78, 5) is 28.1. The molecule has 23 heavy (non-hydrogen) atoms. The number of amides is 1. The lowest BCUT2D eigenvalue weighted by atomic mass is 10.1. The predicted octanol–water partition coefficient (Wildman–Crippen LogP) is -1.89. The van der Waals surface area contributed by atoms with Crippen molar-refractivity contribution >= 4 is 18.3 Å². The zero-order valence-electron chi connectivity index (χ0n) is 13.0. The number of hydrogen-bond acceptors (Lipinski definition) is 7. The van der Waals surface area contributed by atoms with Gasteiger partial charge in [0.15, 0.2) is 0 Å². The number of benzene rings is 1. The molecule has 1 amide bonds. The van der Waals surface area contributed by atoms with E-state index in [4.69, 9.17) is 24.5 Å². The van der Waals surface area contributed by atoms with Gasteiger partial charge in [-0.2, -0.15) is 0 Å². The lowest BCUT2D eigenvalue weighted by molar-refractivity contribution is -0.345. The Bertz CT molecular complexity index is 468. The number of carbonyl (C=O) groups excluding carboxylic acids is 3. The fourth-order valence-electron chi connectivity index (χ4n) is 1.61. The van der Waals surface area contributed by atoms with E-state index in [1.165, 1.54) is 0 Å². The third-order valence-electron chi connectivity index (χ3n) is 2.86. The molecule has 2 N–H and O–H groups in total. The third-order valence-corrected chi connectivity index (χ3v) is 2.86. The standard InChI is InChI=1S/C13H20N2O2.C2H2O4/c1-3-13(15-14-10-16)11(2)17-9-12-7-5-4-6-8-12;3-1(4)2(5)6/h4-8,10-11,13,15H,3,9H2,1-2H3,(H,14,16);(H,3,4)(H,5,6)/p-2. The normalized spacial score (nSPS) is 12.3. The van der Waals surface area contributed by atoms with E-state index >= 15 is 0 Å². The molecule has 8 heteroatoms. The van der Waals surface area contributed by atoms with E-state index in [1.54, 1.807) is 0 Å². The van der Waals surface area contributed by atoms with E-state index in [1.807, 2.05) is 44.2 Å². The first-order valence-electron chi connectivity index (χ1n) is 6.94. The number of carboxylic acid groups (broad SMARTS) is 2. The van der Waals surface area contributed by atoms with E-state index in [0.717, 1.165) is 12.0 Å². The Labute approximate surface area is 134 Å². The van der Waals surface area contributed by atoms with Crippen LogP contribution in [0, 0.1) is 0 Å². The number of hydrogen-bond donors (Lipinski definition) is 2. The van der Waals surface area contributed by atoms with Crippen LogP contribution < -0.4 is 21.1 Å². The molecule has 128 valence electrons. The molecule has 0 saturated heterocycles. The molecule has 2 atom stereocenters. The summed E-state index contributed by atoms with van der Waals surface area (Å²) in [6, 6.07) is 10.1. The topological polar surface area (TPSA) is 131 Å². The van der Waals surface area contributed by atoms with Gasteiger partial charge in [-0.05, 0) is 18.9 Å². The van der Waals surface area contributed by atoms with Crippen molar-refractivity contribution in [1.82, 2.24) is 10.9 Å². The van der Waals surface area contributed by atoms with Crippen molar-refractivity contribution in [2.45, 2.75) is 39.0 Å². The van der Waals surface area contributed by atoms with Gasteiger partial charge in [-0.3, -0.25) is 10.2 Å². The van der Waals surface area contributed by atoms with Crippen molar-refractivity contribution in [2.75, 3.05) is 0 Å². The molecular formula is C15H20N2O6-2. The summed E-state index contributed by atoms with van der Waals surface area (Å²) < 4.78 is 5.76. The average molecular weight is 324 g/mol. The van der Waals surface area contributed by atoms with Crippen LogP contribution in [0.25, 0.3) is 0 Å². The number of nitrogens with one attached hydrogen (secondary N) is 2. The Morgan fingerprint density at radius 2 is 1.78 bits per heavy atom. The fourth-order valence-corrected chi connectivity index (χ4v) is 1.61. The lowest BCUT2D eigenvalue weighted by Crippen LogP contribution is -2.46. The molecule has 0 saturated carbocycles. The molecule has 0 aliphatic rings. The average Bonchev–Trinajstić information content (AvgIpc) is 2.55. The Morgan fingerprint density at radius 3 is 2.22 bits per heavy atom. The number of hydrazine groups is 1. The predicted molar refractivity (Wildman–Crippen MR) is 77.1 cm³/mol. The Morgan fingerprint density at radius 1 is 1.22 bits per heavy atom. The lowest BCUT2D eigenvalue weighted by Gasteiger charge is -2.23. The Hall–Kier alpha value is -2.45. The summed E-state index contributed by atoms with van der Waals surface area (Å²) in [7, 11) is 0. The quantitative estimate of drug-likeness (QED) is 0.325. The molecule has 0 spiro atoms. The second-order valence-electron chi connectivity index (χ2n) is 4.50. The highest BCUT2D eigenvalue weighted by atomic mass is 16.5. The van der Waals surface area contributed by atoms with E-state index in [9.17, 15) is 4.79 Å². The van der Waals surface area contributed by atoms with E-state index in [-0.39, 0.29) is 12.1 Å². The highest BCUT2D eigenvalue weighted by Crippen LogP contribution is 2.07. The largest absolute Gasteiger partial charge is 0.543 e.